The Bertz CT molecular complexity index is 395. The fraction of sp³-hybridized carbons (Fsp3) is 0.417. The Morgan fingerprint density at radius 1 is 1.59 bits per heavy atom. The Balaban J connectivity index is 2.76. The van der Waals surface area contributed by atoms with E-state index in [9.17, 15) is 14.3 Å². The fourth-order valence-electron chi connectivity index (χ4n) is 1.41. The lowest BCUT2D eigenvalue weighted by Crippen LogP contribution is -2.27. The maximum absolute atomic E-state index is 13.1. The molecule has 0 aliphatic heterocycles. The van der Waals surface area contributed by atoms with Gasteiger partial charge in [-0.25, -0.2) is 4.39 Å². The van der Waals surface area contributed by atoms with Gasteiger partial charge in [0.15, 0.2) is 0 Å². The van der Waals surface area contributed by atoms with Crippen molar-refractivity contribution in [2.75, 3.05) is 13.7 Å². The molecular formula is C12H16FNO3. The molecule has 1 rings (SSSR count). The van der Waals surface area contributed by atoms with Gasteiger partial charge in [0, 0.05) is 18.5 Å². The minimum absolute atomic E-state index is 0.0342. The average Bonchev–Trinajstić information content (AvgIpc) is 2.35. The van der Waals surface area contributed by atoms with Crippen LogP contribution in [0.5, 0.6) is 5.75 Å². The Kier molecular flexibility index (Phi) is 4.90. The largest absolute Gasteiger partial charge is 0.496 e. The second-order valence-corrected chi connectivity index (χ2v) is 3.56. The van der Waals surface area contributed by atoms with Gasteiger partial charge < -0.3 is 15.2 Å². The average molecular weight is 241 g/mol. The van der Waals surface area contributed by atoms with Crippen LogP contribution in [0.4, 0.5) is 4.39 Å². The minimum atomic E-state index is -0.990. The molecule has 0 saturated heterocycles. The van der Waals surface area contributed by atoms with Gasteiger partial charge in [-0.3, -0.25) is 4.79 Å². The van der Waals surface area contributed by atoms with E-state index in [0.717, 1.165) is 0 Å². The molecule has 1 aromatic rings. The van der Waals surface area contributed by atoms with Crippen LogP contribution >= 0.6 is 0 Å². The zero-order chi connectivity index (χ0) is 12.8. The normalized spacial score (nSPS) is 12.0. The number of amides is 1. The van der Waals surface area contributed by atoms with Gasteiger partial charge in [-0.05, 0) is 18.2 Å². The predicted octanol–water partition coefficient (Wildman–Crippen LogP) is 1.39. The van der Waals surface area contributed by atoms with E-state index in [-0.39, 0.29) is 12.5 Å². The van der Waals surface area contributed by atoms with Crippen molar-refractivity contribution in [1.29, 1.82) is 0 Å². The standard InChI is InChI=1S/C12H16FNO3/c1-3-12(16)14-7-10(15)9-6-8(13)4-5-11(9)17-2/h4-6,10,15H,3,7H2,1-2H3,(H,14,16). The second kappa shape index (κ2) is 6.20. The zero-order valence-electron chi connectivity index (χ0n) is 9.87. The third-order valence-corrected chi connectivity index (χ3v) is 2.36. The van der Waals surface area contributed by atoms with E-state index in [4.69, 9.17) is 4.74 Å². The van der Waals surface area contributed by atoms with E-state index in [0.29, 0.717) is 17.7 Å². The molecule has 0 aliphatic rings. The maximum Gasteiger partial charge on any atom is 0.219 e. The first-order valence-corrected chi connectivity index (χ1v) is 5.36. The van der Waals surface area contributed by atoms with E-state index in [2.05, 4.69) is 5.32 Å². The number of carbonyl (C=O) groups is 1. The van der Waals surface area contributed by atoms with Crippen LogP contribution in [0, 0.1) is 5.82 Å². The smallest absolute Gasteiger partial charge is 0.219 e. The fourth-order valence-corrected chi connectivity index (χ4v) is 1.41. The van der Waals surface area contributed by atoms with Crippen molar-refractivity contribution in [1.82, 2.24) is 5.32 Å². The van der Waals surface area contributed by atoms with E-state index in [1.54, 1.807) is 6.92 Å². The van der Waals surface area contributed by atoms with Gasteiger partial charge in [0.1, 0.15) is 11.6 Å². The number of hydrogen-bond acceptors (Lipinski definition) is 3. The van der Waals surface area contributed by atoms with Crippen molar-refractivity contribution in [2.45, 2.75) is 19.4 Å². The number of benzene rings is 1. The lowest BCUT2D eigenvalue weighted by atomic mass is 10.1. The summed E-state index contributed by atoms with van der Waals surface area (Å²) in [5.41, 5.74) is 0.323. The topological polar surface area (TPSA) is 58.6 Å². The first kappa shape index (κ1) is 13.4. The first-order valence-electron chi connectivity index (χ1n) is 5.36. The number of rotatable bonds is 5. The lowest BCUT2D eigenvalue weighted by Gasteiger charge is -2.15. The summed E-state index contributed by atoms with van der Waals surface area (Å²) in [7, 11) is 1.44. The summed E-state index contributed by atoms with van der Waals surface area (Å²) in [6.45, 7) is 1.75. The monoisotopic (exact) mass is 241 g/mol. The molecule has 0 spiro atoms. The van der Waals surface area contributed by atoms with Crippen LogP contribution in [0.1, 0.15) is 25.0 Å². The Morgan fingerprint density at radius 3 is 2.88 bits per heavy atom. The van der Waals surface area contributed by atoms with Crippen molar-refractivity contribution >= 4 is 5.91 Å². The predicted molar refractivity (Wildman–Crippen MR) is 61.2 cm³/mol. The molecule has 1 atom stereocenters. The van der Waals surface area contributed by atoms with E-state index in [1.807, 2.05) is 0 Å². The number of halogens is 1. The van der Waals surface area contributed by atoms with Crippen LogP contribution in [0.2, 0.25) is 0 Å². The van der Waals surface area contributed by atoms with Crippen molar-refractivity contribution in [3.63, 3.8) is 0 Å². The second-order valence-electron chi connectivity index (χ2n) is 3.56. The molecule has 1 aromatic carbocycles. The van der Waals surface area contributed by atoms with Crippen LogP contribution in [0.3, 0.4) is 0 Å². The number of ether oxygens (including phenoxy) is 1. The Morgan fingerprint density at radius 2 is 2.29 bits per heavy atom. The molecule has 0 bridgehead atoms. The van der Waals surface area contributed by atoms with Crippen LogP contribution in [0.25, 0.3) is 0 Å². The lowest BCUT2D eigenvalue weighted by molar-refractivity contribution is -0.121. The van der Waals surface area contributed by atoms with Crippen LogP contribution in [-0.4, -0.2) is 24.7 Å². The molecule has 5 heteroatoms. The SMILES string of the molecule is CCC(=O)NCC(O)c1cc(F)ccc1OC. The summed E-state index contributed by atoms with van der Waals surface area (Å²) in [5, 5.41) is 12.4. The highest BCUT2D eigenvalue weighted by molar-refractivity contribution is 5.75. The summed E-state index contributed by atoms with van der Waals surface area (Å²) >= 11 is 0. The molecule has 0 saturated carbocycles. The number of aliphatic hydroxyl groups excluding tert-OH is 1. The van der Waals surface area contributed by atoms with Gasteiger partial charge in [0.05, 0.1) is 13.2 Å². The molecule has 17 heavy (non-hydrogen) atoms. The van der Waals surface area contributed by atoms with E-state index in [1.165, 1.54) is 25.3 Å². The number of hydrogen-bond donors (Lipinski definition) is 2. The van der Waals surface area contributed by atoms with E-state index < -0.39 is 11.9 Å². The Labute approximate surface area is 99.4 Å². The number of carbonyl (C=O) groups excluding carboxylic acids is 1. The highest BCUT2D eigenvalue weighted by atomic mass is 19.1. The molecule has 4 nitrogen and oxygen atoms in total. The molecule has 0 radical (unpaired) electrons. The van der Waals surface area contributed by atoms with Crippen LogP contribution in [-0.2, 0) is 4.79 Å². The molecule has 94 valence electrons. The number of nitrogens with one attached hydrogen (secondary N) is 1. The van der Waals surface area contributed by atoms with Crippen LogP contribution < -0.4 is 10.1 Å². The van der Waals surface area contributed by atoms with Crippen LogP contribution in [0.15, 0.2) is 18.2 Å². The summed E-state index contributed by atoms with van der Waals surface area (Å²) in [6.07, 6.45) is -0.649. The molecule has 0 aliphatic carbocycles. The number of aliphatic hydroxyl groups is 1. The molecule has 0 heterocycles. The third kappa shape index (κ3) is 3.71. The molecule has 0 fully saturated rings. The highest BCUT2D eigenvalue weighted by Crippen LogP contribution is 2.25. The zero-order valence-corrected chi connectivity index (χ0v) is 9.87. The third-order valence-electron chi connectivity index (χ3n) is 2.36. The molecular weight excluding hydrogens is 225 g/mol. The molecule has 1 amide bonds. The molecule has 0 aromatic heterocycles. The van der Waals surface area contributed by atoms with Crippen molar-refractivity contribution in [3.8, 4) is 5.75 Å². The van der Waals surface area contributed by atoms with Gasteiger partial charge in [0.2, 0.25) is 5.91 Å². The summed E-state index contributed by atoms with van der Waals surface area (Å²) < 4.78 is 18.1. The Hall–Kier alpha value is -1.62. The number of methoxy groups -OCH3 is 1. The van der Waals surface area contributed by atoms with Crippen molar-refractivity contribution in [2.24, 2.45) is 0 Å². The molecule has 1 unspecified atom stereocenters. The summed E-state index contributed by atoms with van der Waals surface area (Å²) in [5.74, 6) is -0.231. The van der Waals surface area contributed by atoms with Gasteiger partial charge in [-0.1, -0.05) is 6.92 Å². The van der Waals surface area contributed by atoms with Gasteiger partial charge in [0.25, 0.3) is 0 Å². The maximum atomic E-state index is 13.1. The minimum Gasteiger partial charge on any atom is -0.496 e. The summed E-state index contributed by atoms with van der Waals surface area (Å²) in [4.78, 5) is 11.0. The van der Waals surface area contributed by atoms with Gasteiger partial charge >= 0.3 is 0 Å². The first-order chi connectivity index (χ1) is 8.08. The van der Waals surface area contributed by atoms with Gasteiger partial charge in [-0.2, -0.15) is 0 Å². The highest BCUT2D eigenvalue weighted by Gasteiger charge is 2.14. The quantitative estimate of drug-likeness (QED) is 0.819. The molecule has 2 N–H and O–H groups in total. The van der Waals surface area contributed by atoms with Crippen molar-refractivity contribution in [3.05, 3.63) is 29.6 Å². The summed E-state index contributed by atoms with van der Waals surface area (Å²) in [6, 6.07) is 3.89. The van der Waals surface area contributed by atoms with E-state index >= 15 is 0 Å². The van der Waals surface area contributed by atoms with Gasteiger partial charge in [-0.15, -0.1) is 0 Å². The van der Waals surface area contributed by atoms with Crippen molar-refractivity contribution < 1.29 is 19.0 Å².